The minimum Gasteiger partial charge on any atom is -0.384 e. The summed E-state index contributed by atoms with van der Waals surface area (Å²) in [5, 5.41) is 6.96. The molecule has 0 fully saturated rings. The van der Waals surface area contributed by atoms with Crippen molar-refractivity contribution in [2.75, 3.05) is 43.0 Å². The van der Waals surface area contributed by atoms with E-state index in [-0.39, 0.29) is 26.8 Å². The number of pyridine rings is 2. The van der Waals surface area contributed by atoms with Crippen LogP contribution in [0.4, 0.5) is 28.6 Å². The fourth-order valence-corrected chi connectivity index (χ4v) is 9.51. The molecule has 8 rings (SSSR count). The summed E-state index contributed by atoms with van der Waals surface area (Å²) in [5.74, 6) is 1.57. The number of hydrogen-bond acceptors (Lipinski definition) is 15. The molecule has 0 saturated heterocycles. The monoisotopic (exact) mass is 979 g/mol. The van der Waals surface area contributed by atoms with Gasteiger partial charge in [-0.1, -0.05) is 34.8 Å². The first kappa shape index (κ1) is 48.5. The molecule has 0 atom stereocenters. The topological polar surface area (TPSA) is 236 Å². The molecule has 0 saturated carbocycles. The van der Waals surface area contributed by atoms with Crippen molar-refractivity contribution in [3.05, 3.63) is 133 Å². The van der Waals surface area contributed by atoms with Crippen LogP contribution in [0.2, 0.25) is 15.2 Å². The van der Waals surface area contributed by atoms with Crippen LogP contribution in [-0.2, 0) is 39.2 Å². The fraction of sp³-hybridized carbons (Fsp3) is 0.256. The van der Waals surface area contributed by atoms with Gasteiger partial charge in [-0.2, -0.15) is 0 Å². The molecule has 2 aromatic carbocycles. The van der Waals surface area contributed by atoms with Crippen molar-refractivity contribution in [2.24, 2.45) is 0 Å². The Morgan fingerprint density at radius 3 is 1.49 bits per heavy atom. The number of carbonyl (C=O) groups excluding carboxylic acids is 2. The third-order valence-electron chi connectivity index (χ3n) is 9.70. The molecule has 0 spiro atoms. The maximum Gasteiger partial charge on any atom is 0.257 e. The number of aromatic nitrogens is 6. The van der Waals surface area contributed by atoms with Gasteiger partial charge < -0.3 is 26.2 Å². The summed E-state index contributed by atoms with van der Waals surface area (Å²) in [6, 6.07) is 15.9. The normalized spacial score (nSPS) is 13.1. The molecule has 4 N–H and O–H groups in total. The Labute approximate surface area is 391 Å². The van der Waals surface area contributed by atoms with E-state index in [0.717, 1.165) is 35.4 Å². The van der Waals surface area contributed by atoms with Crippen LogP contribution in [0.3, 0.4) is 0 Å². The average molecular weight is 981 g/mol. The van der Waals surface area contributed by atoms with Gasteiger partial charge in [0.25, 0.3) is 11.8 Å². The summed E-state index contributed by atoms with van der Waals surface area (Å²) in [4.78, 5) is 53.9. The molecule has 4 aromatic heterocycles. The van der Waals surface area contributed by atoms with Crippen molar-refractivity contribution in [1.82, 2.24) is 39.7 Å². The van der Waals surface area contributed by atoms with Crippen molar-refractivity contribution in [2.45, 2.75) is 57.0 Å². The molecule has 2 aliphatic rings. The minimum atomic E-state index is -3.56. The zero-order chi connectivity index (χ0) is 47.7. The molecule has 6 heterocycles. The Morgan fingerprint density at radius 2 is 1.03 bits per heavy atom. The van der Waals surface area contributed by atoms with Gasteiger partial charge >= 0.3 is 0 Å². The smallest absolute Gasteiger partial charge is 0.257 e. The number of fused-ring (bicyclic) bond motifs is 2. The summed E-state index contributed by atoms with van der Waals surface area (Å²) in [6.07, 6.45) is 2.65. The lowest BCUT2D eigenvalue weighted by Gasteiger charge is -2.15. The van der Waals surface area contributed by atoms with E-state index in [0.29, 0.717) is 92.2 Å². The van der Waals surface area contributed by atoms with Crippen molar-refractivity contribution < 1.29 is 26.4 Å². The Balaban J connectivity index is 0.000000186. The molecule has 2 amide bonds. The van der Waals surface area contributed by atoms with E-state index in [4.69, 9.17) is 45.5 Å². The second-order valence-corrected chi connectivity index (χ2v) is 20.6. The van der Waals surface area contributed by atoms with E-state index < -0.39 is 19.7 Å². The summed E-state index contributed by atoms with van der Waals surface area (Å²) >= 11 is 18.0. The molecule has 0 radical (unpaired) electrons. The number of hydrogen-bond donors (Lipinski definition) is 3. The molecular formula is C43H44Cl3N11O6S2. The maximum atomic E-state index is 12.8. The summed E-state index contributed by atoms with van der Waals surface area (Å²) in [6.45, 7) is 8.18. The van der Waals surface area contributed by atoms with Crippen LogP contribution in [-0.4, -0.2) is 95.0 Å². The first-order valence-corrected chi connectivity index (χ1v) is 24.4. The van der Waals surface area contributed by atoms with Crippen LogP contribution in [0, 0.1) is 27.7 Å². The molecule has 0 aliphatic carbocycles. The summed E-state index contributed by atoms with van der Waals surface area (Å²) in [5.41, 5.74) is 12.3. The van der Waals surface area contributed by atoms with Crippen molar-refractivity contribution >= 4 is 94.9 Å². The number of benzene rings is 2. The molecule has 6 aromatic rings. The van der Waals surface area contributed by atoms with Crippen LogP contribution in [0.25, 0.3) is 0 Å². The molecule has 0 bridgehead atoms. The number of sulfone groups is 2. The van der Waals surface area contributed by atoms with E-state index in [1.165, 1.54) is 23.1 Å². The number of aryl methyl sites for hydroxylation is 4. The number of nitrogens with one attached hydrogen (secondary N) is 2. The van der Waals surface area contributed by atoms with E-state index in [1.807, 2.05) is 33.8 Å². The Bertz CT molecular complexity index is 3050. The number of nitrogen functional groups attached to an aromatic ring is 1. The van der Waals surface area contributed by atoms with Crippen LogP contribution < -0.4 is 16.4 Å². The van der Waals surface area contributed by atoms with Gasteiger partial charge in [0.05, 0.1) is 73.8 Å². The number of nitrogens with zero attached hydrogens (tertiary/aromatic N) is 8. The molecular weight excluding hydrogens is 937 g/mol. The Hall–Kier alpha value is -5.99. The fourth-order valence-electron chi connectivity index (χ4n) is 7.11. The lowest BCUT2D eigenvalue weighted by Crippen LogP contribution is -2.18. The zero-order valence-corrected chi connectivity index (χ0v) is 40.4. The minimum absolute atomic E-state index is 0.0375. The van der Waals surface area contributed by atoms with Gasteiger partial charge in [0.1, 0.15) is 22.6 Å². The van der Waals surface area contributed by atoms with E-state index in [2.05, 4.69) is 35.6 Å². The Kier molecular flexibility index (Phi) is 14.3. The van der Waals surface area contributed by atoms with Gasteiger partial charge in [-0.15, -0.1) is 0 Å². The molecule has 2 aliphatic heterocycles. The highest BCUT2D eigenvalue weighted by Crippen LogP contribution is 2.36. The average Bonchev–Trinajstić information content (AvgIpc) is 3.63. The van der Waals surface area contributed by atoms with Crippen molar-refractivity contribution in [3.8, 4) is 0 Å². The first-order chi connectivity index (χ1) is 30.4. The molecule has 65 heavy (non-hydrogen) atoms. The van der Waals surface area contributed by atoms with Crippen LogP contribution in [0.1, 0.15) is 66.5 Å². The number of nitrogens with two attached hydrogens (primary N) is 1. The van der Waals surface area contributed by atoms with Gasteiger partial charge in [-0.25, -0.2) is 41.8 Å². The van der Waals surface area contributed by atoms with Gasteiger partial charge in [0.2, 0.25) is 0 Å². The van der Waals surface area contributed by atoms with Crippen LogP contribution in [0.5, 0.6) is 0 Å². The lowest BCUT2D eigenvalue weighted by molar-refractivity contribution is 0.0809. The van der Waals surface area contributed by atoms with Gasteiger partial charge in [0.15, 0.2) is 19.7 Å². The van der Waals surface area contributed by atoms with E-state index in [9.17, 15) is 26.4 Å². The van der Waals surface area contributed by atoms with Crippen LogP contribution in [0.15, 0.2) is 70.5 Å². The van der Waals surface area contributed by atoms with Gasteiger partial charge in [-0.3, -0.25) is 14.6 Å². The molecule has 22 heteroatoms. The standard InChI is InChI=1S/C22H22ClN5O3S.C15H13Cl2N3O3S.C6H9N3/c1-12-7-15(25-13(2)24-12)9-16-10-18(21-19(26-16)11-28(3)22(21)29)27-17-6-5-14(23)8-20(17)32(4,30)31;1-20-7-11-14(15(20)21)10(6-13(17)19-11)18-9-4-3-8(16)5-12(9)24(2,22)23;1-4-3-6(7)9-5(2)8-4/h5-8,10H,9,11H2,1-4H3,(H,26,27);3-6H,7H2,1-2H3,(H,18,19);3H,1-2H3,(H2,7,8,9). The van der Waals surface area contributed by atoms with E-state index >= 15 is 0 Å². The predicted molar refractivity (Wildman–Crippen MR) is 251 cm³/mol. The van der Waals surface area contributed by atoms with Crippen molar-refractivity contribution in [3.63, 3.8) is 0 Å². The highest BCUT2D eigenvalue weighted by Gasteiger charge is 2.32. The first-order valence-electron chi connectivity index (χ1n) is 19.5. The third-order valence-corrected chi connectivity index (χ3v) is 12.6. The third kappa shape index (κ3) is 11.8. The van der Waals surface area contributed by atoms with Crippen LogP contribution >= 0.6 is 34.8 Å². The Morgan fingerprint density at radius 1 is 0.585 bits per heavy atom. The highest BCUT2D eigenvalue weighted by atomic mass is 35.5. The lowest BCUT2D eigenvalue weighted by atomic mass is 10.1. The summed E-state index contributed by atoms with van der Waals surface area (Å²) in [7, 11) is -3.71. The highest BCUT2D eigenvalue weighted by molar-refractivity contribution is 7.91. The molecule has 0 unspecified atom stereocenters. The van der Waals surface area contributed by atoms with Gasteiger partial charge in [0, 0.05) is 66.2 Å². The maximum absolute atomic E-state index is 12.8. The van der Waals surface area contributed by atoms with Gasteiger partial charge in [-0.05, 0) is 82.3 Å². The summed E-state index contributed by atoms with van der Waals surface area (Å²) < 4.78 is 48.6. The number of carbonyl (C=O) groups is 2. The second-order valence-electron chi connectivity index (χ2n) is 15.4. The largest absolute Gasteiger partial charge is 0.384 e. The molecule has 340 valence electrons. The predicted octanol–water partition coefficient (Wildman–Crippen LogP) is 7.26. The number of anilines is 5. The number of amides is 2. The second kappa shape index (κ2) is 19.2. The SMILES string of the molecule is CN1Cc2nc(Cl)cc(Nc3ccc(Cl)cc3S(C)(=O)=O)c2C1=O.Cc1cc(Cc2cc(Nc3ccc(Cl)cc3S(C)(=O)=O)c3c(n2)CN(C)C3=O)nc(C)n1.Cc1cc(N)nc(C)n1. The quantitative estimate of drug-likeness (QED) is 0.127. The zero-order valence-electron chi connectivity index (χ0n) is 36.4. The molecule has 17 nitrogen and oxygen atoms in total. The number of rotatable bonds is 8. The number of halogens is 3. The van der Waals surface area contributed by atoms with Crippen molar-refractivity contribution in [1.29, 1.82) is 0 Å². The van der Waals surface area contributed by atoms with E-state index in [1.54, 1.807) is 55.4 Å².